The van der Waals surface area contributed by atoms with Crippen LogP contribution in [-0.4, -0.2) is 20.4 Å². The van der Waals surface area contributed by atoms with Crippen molar-refractivity contribution in [2.75, 3.05) is 0 Å². The zero-order valence-electron chi connectivity index (χ0n) is 11.2. The van der Waals surface area contributed by atoms with Gasteiger partial charge in [0.15, 0.2) is 0 Å². The number of hydrogen-bond donors (Lipinski definition) is 1. The third-order valence-electron chi connectivity index (χ3n) is 2.62. The summed E-state index contributed by atoms with van der Waals surface area (Å²) in [6.45, 7) is 5.47. The molecule has 0 fully saturated rings. The van der Waals surface area contributed by atoms with Gasteiger partial charge >= 0.3 is 0 Å². The summed E-state index contributed by atoms with van der Waals surface area (Å²) in [5.74, 6) is -1.37. The van der Waals surface area contributed by atoms with Crippen molar-refractivity contribution in [3.63, 3.8) is 0 Å². The molecule has 0 saturated heterocycles. The van der Waals surface area contributed by atoms with E-state index in [1.165, 1.54) is 12.1 Å². The average molecular weight is 284 g/mol. The first-order chi connectivity index (χ1) is 8.72. The van der Waals surface area contributed by atoms with Crippen LogP contribution in [0.1, 0.15) is 25.8 Å². The number of nitrogens with one attached hydrogen (secondary N) is 1. The van der Waals surface area contributed by atoms with Crippen LogP contribution in [0.4, 0.5) is 0 Å². The Kier molecular flexibility index (Phi) is 5.08. The predicted molar refractivity (Wildman–Crippen MR) is 69.8 cm³/mol. The normalized spacial score (nSPS) is 13.5. The molecule has 1 aromatic rings. The molecule has 0 amide bonds. The van der Waals surface area contributed by atoms with Crippen molar-refractivity contribution in [2.45, 2.75) is 38.1 Å². The minimum Gasteiger partial charge on any atom is -0.548 e. The summed E-state index contributed by atoms with van der Waals surface area (Å²) in [4.78, 5) is 11.0. The van der Waals surface area contributed by atoms with Crippen LogP contribution in [0, 0.1) is 12.8 Å². The maximum atomic E-state index is 12.0. The summed E-state index contributed by atoms with van der Waals surface area (Å²) < 4.78 is 26.2. The van der Waals surface area contributed by atoms with E-state index in [-0.39, 0.29) is 17.2 Å². The second kappa shape index (κ2) is 6.16. The van der Waals surface area contributed by atoms with Crippen LogP contribution in [0.3, 0.4) is 0 Å². The van der Waals surface area contributed by atoms with Gasteiger partial charge in [0.25, 0.3) is 0 Å². The Bertz CT molecular complexity index is 534. The van der Waals surface area contributed by atoms with Crippen LogP contribution in [0.25, 0.3) is 0 Å². The number of carboxylic acid groups (broad SMARTS) is 1. The second-order valence-corrected chi connectivity index (χ2v) is 6.65. The number of sulfonamides is 1. The van der Waals surface area contributed by atoms with Gasteiger partial charge in [0.05, 0.1) is 16.9 Å². The third kappa shape index (κ3) is 4.65. The number of aryl methyl sites for hydroxylation is 1. The Morgan fingerprint density at radius 3 is 2.21 bits per heavy atom. The van der Waals surface area contributed by atoms with Crippen LogP contribution >= 0.6 is 0 Å². The van der Waals surface area contributed by atoms with Crippen molar-refractivity contribution in [3.05, 3.63) is 29.8 Å². The summed E-state index contributed by atoms with van der Waals surface area (Å²) in [5, 5.41) is 11.0. The van der Waals surface area contributed by atoms with Crippen molar-refractivity contribution >= 4 is 16.0 Å². The lowest BCUT2D eigenvalue weighted by Crippen LogP contribution is -2.48. The molecule has 1 rings (SSSR count). The molecule has 1 unspecified atom stereocenters. The summed E-state index contributed by atoms with van der Waals surface area (Å²) in [5.41, 5.74) is 0.928. The van der Waals surface area contributed by atoms with Crippen molar-refractivity contribution in [1.29, 1.82) is 0 Å². The SMILES string of the molecule is Cc1ccc(S(=O)(=O)NC(CC(C)C)C(=O)[O-])cc1. The molecule has 0 aliphatic heterocycles. The van der Waals surface area contributed by atoms with Crippen molar-refractivity contribution in [2.24, 2.45) is 5.92 Å². The minimum atomic E-state index is -3.84. The Morgan fingerprint density at radius 1 is 1.26 bits per heavy atom. The zero-order valence-corrected chi connectivity index (χ0v) is 12.0. The molecule has 0 aromatic heterocycles. The van der Waals surface area contributed by atoms with Gasteiger partial charge in [0.2, 0.25) is 10.0 Å². The van der Waals surface area contributed by atoms with E-state index in [4.69, 9.17) is 0 Å². The van der Waals surface area contributed by atoms with Gasteiger partial charge in [-0.05, 0) is 31.4 Å². The highest BCUT2D eigenvalue weighted by molar-refractivity contribution is 7.89. The van der Waals surface area contributed by atoms with Gasteiger partial charge in [-0.2, -0.15) is 0 Å². The van der Waals surface area contributed by atoms with Gasteiger partial charge in [0, 0.05) is 0 Å². The summed E-state index contributed by atoms with van der Waals surface area (Å²) in [6.07, 6.45) is 0.188. The fraction of sp³-hybridized carbons (Fsp3) is 0.462. The highest BCUT2D eigenvalue weighted by Crippen LogP contribution is 2.12. The lowest BCUT2D eigenvalue weighted by molar-refractivity contribution is -0.308. The molecular weight excluding hydrogens is 266 g/mol. The summed E-state index contributed by atoms with van der Waals surface area (Å²) in [7, 11) is -3.84. The van der Waals surface area contributed by atoms with E-state index >= 15 is 0 Å². The van der Waals surface area contributed by atoms with E-state index < -0.39 is 22.0 Å². The topological polar surface area (TPSA) is 86.3 Å². The van der Waals surface area contributed by atoms with Gasteiger partial charge in [-0.25, -0.2) is 13.1 Å². The molecular formula is C13H18NO4S-. The summed E-state index contributed by atoms with van der Waals surface area (Å²) >= 11 is 0. The first kappa shape index (κ1) is 15.7. The third-order valence-corrected chi connectivity index (χ3v) is 4.11. The van der Waals surface area contributed by atoms with Gasteiger partial charge in [-0.15, -0.1) is 0 Å². The van der Waals surface area contributed by atoms with E-state index in [0.29, 0.717) is 0 Å². The molecule has 0 aliphatic rings. The van der Waals surface area contributed by atoms with Crippen LogP contribution in [0.2, 0.25) is 0 Å². The van der Waals surface area contributed by atoms with Gasteiger partial charge < -0.3 is 9.90 Å². The number of aliphatic carboxylic acids is 1. The number of benzene rings is 1. The van der Waals surface area contributed by atoms with Crippen molar-refractivity contribution < 1.29 is 18.3 Å². The van der Waals surface area contributed by atoms with Crippen LogP contribution in [0.5, 0.6) is 0 Å². The monoisotopic (exact) mass is 284 g/mol. The van der Waals surface area contributed by atoms with Crippen LogP contribution in [-0.2, 0) is 14.8 Å². The molecule has 1 atom stereocenters. The first-order valence-electron chi connectivity index (χ1n) is 6.02. The number of rotatable bonds is 6. The molecule has 19 heavy (non-hydrogen) atoms. The lowest BCUT2D eigenvalue weighted by atomic mass is 10.1. The maximum absolute atomic E-state index is 12.0. The number of carbonyl (C=O) groups is 1. The molecule has 0 radical (unpaired) electrons. The largest absolute Gasteiger partial charge is 0.548 e. The van der Waals surface area contributed by atoms with Gasteiger partial charge in [-0.1, -0.05) is 31.5 Å². The molecule has 5 nitrogen and oxygen atoms in total. The number of carbonyl (C=O) groups excluding carboxylic acids is 1. The van der Waals surface area contributed by atoms with Gasteiger partial charge in [-0.3, -0.25) is 0 Å². The highest BCUT2D eigenvalue weighted by Gasteiger charge is 2.21. The second-order valence-electron chi connectivity index (χ2n) is 4.94. The Labute approximate surface area is 113 Å². The molecule has 1 N–H and O–H groups in total. The van der Waals surface area contributed by atoms with E-state index in [0.717, 1.165) is 5.56 Å². The minimum absolute atomic E-state index is 0.0450. The number of hydrogen-bond acceptors (Lipinski definition) is 4. The van der Waals surface area contributed by atoms with Crippen molar-refractivity contribution in [3.8, 4) is 0 Å². The maximum Gasteiger partial charge on any atom is 0.241 e. The van der Waals surface area contributed by atoms with Crippen LogP contribution < -0.4 is 9.83 Å². The number of carboxylic acids is 1. The molecule has 1 aromatic carbocycles. The molecule has 0 aliphatic carbocycles. The predicted octanol–water partition coefficient (Wildman–Crippen LogP) is 0.438. The zero-order chi connectivity index (χ0) is 14.6. The molecule has 0 spiro atoms. The lowest BCUT2D eigenvalue weighted by Gasteiger charge is -2.21. The Balaban J connectivity index is 2.94. The Morgan fingerprint density at radius 2 is 1.79 bits per heavy atom. The fourth-order valence-corrected chi connectivity index (χ4v) is 2.83. The summed E-state index contributed by atoms with van der Waals surface area (Å²) in [6, 6.07) is 4.99. The molecule has 106 valence electrons. The fourth-order valence-electron chi connectivity index (χ4n) is 1.64. The molecule has 6 heteroatoms. The molecule has 0 bridgehead atoms. The Hall–Kier alpha value is -1.40. The standard InChI is InChI=1S/C13H19NO4S/c1-9(2)8-12(13(15)16)14-19(17,18)11-6-4-10(3)5-7-11/h4-7,9,12,14H,8H2,1-3H3,(H,15,16)/p-1. The smallest absolute Gasteiger partial charge is 0.241 e. The highest BCUT2D eigenvalue weighted by atomic mass is 32.2. The quantitative estimate of drug-likeness (QED) is 0.821. The van der Waals surface area contributed by atoms with E-state index in [1.807, 2.05) is 20.8 Å². The molecule has 0 saturated carbocycles. The van der Waals surface area contributed by atoms with Gasteiger partial charge in [0.1, 0.15) is 0 Å². The van der Waals surface area contributed by atoms with E-state index in [1.54, 1.807) is 12.1 Å². The average Bonchev–Trinajstić information content (AvgIpc) is 2.27. The first-order valence-corrected chi connectivity index (χ1v) is 7.50. The van der Waals surface area contributed by atoms with Crippen LogP contribution in [0.15, 0.2) is 29.2 Å². The van der Waals surface area contributed by atoms with Crippen molar-refractivity contribution in [1.82, 2.24) is 4.72 Å². The van der Waals surface area contributed by atoms with E-state index in [2.05, 4.69) is 4.72 Å². The molecule has 0 heterocycles. The van der Waals surface area contributed by atoms with E-state index in [9.17, 15) is 18.3 Å².